The Morgan fingerprint density at radius 2 is 2.40 bits per heavy atom. The van der Waals surface area contributed by atoms with Crippen LogP contribution in [0.3, 0.4) is 0 Å². The Kier molecular flexibility index (Phi) is 4.42. The highest BCUT2D eigenvalue weighted by Crippen LogP contribution is 2.03. The largest absolute Gasteiger partial charge is 0.319 e. The minimum Gasteiger partial charge on any atom is -0.319 e. The van der Waals surface area contributed by atoms with Crippen molar-refractivity contribution in [3.05, 3.63) is 12.2 Å². The van der Waals surface area contributed by atoms with Crippen LogP contribution in [0, 0.1) is 5.92 Å². The number of Topliss-reactive ketones (excluding diaryl/α,β-unsaturated/α-hetero) is 1. The van der Waals surface area contributed by atoms with Gasteiger partial charge in [-0.3, -0.25) is 4.79 Å². The molecule has 0 spiro atoms. The number of ketones is 1. The molecule has 84 valence electrons. The van der Waals surface area contributed by atoms with Crippen molar-refractivity contribution in [3.63, 3.8) is 0 Å². The minimum atomic E-state index is 0.0250. The topological polar surface area (TPSA) is 59.8 Å². The molecule has 15 heavy (non-hydrogen) atoms. The van der Waals surface area contributed by atoms with Gasteiger partial charge in [0, 0.05) is 19.0 Å². The minimum absolute atomic E-state index is 0.0250. The van der Waals surface area contributed by atoms with Crippen LogP contribution < -0.4 is 5.32 Å². The molecule has 0 fully saturated rings. The summed E-state index contributed by atoms with van der Waals surface area (Å²) in [5.41, 5.74) is 0. The molecule has 1 atom stereocenters. The highest BCUT2D eigenvalue weighted by atomic mass is 16.1. The second kappa shape index (κ2) is 5.60. The van der Waals surface area contributed by atoms with Crippen LogP contribution in [-0.4, -0.2) is 34.1 Å². The Morgan fingerprint density at radius 1 is 1.67 bits per heavy atom. The maximum atomic E-state index is 11.7. The van der Waals surface area contributed by atoms with Crippen LogP contribution >= 0.6 is 0 Å². The third kappa shape index (κ3) is 3.13. The summed E-state index contributed by atoms with van der Waals surface area (Å²) < 4.78 is 1.75. The standard InChI is InChI=1S/C10H18N4O/c1-4-14-10(12-7-13-14)5-9(15)8(2)6-11-3/h7-8,11H,4-6H2,1-3H3. The number of carbonyl (C=O) groups is 1. The van der Waals surface area contributed by atoms with E-state index >= 15 is 0 Å². The van der Waals surface area contributed by atoms with Gasteiger partial charge in [-0.05, 0) is 14.0 Å². The van der Waals surface area contributed by atoms with Crippen molar-refractivity contribution >= 4 is 5.78 Å². The van der Waals surface area contributed by atoms with E-state index in [1.165, 1.54) is 6.33 Å². The Morgan fingerprint density at radius 3 is 3.00 bits per heavy atom. The summed E-state index contributed by atoms with van der Waals surface area (Å²) >= 11 is 0. The molecule has 1 rings (SSSR count). The Balaban J connectivity index is 2.58. The van der Waals surface area contributed by atoms with Gasteiger partial charge in [-0.2, -0.15) is 5.10 Å². The van der Waals surface area contributed by atoms with E-state index in [2.05, 4.69) is 15.4 Å². The third-order valence-electron chi connectivity index (χ3n) is 2.39. The number of rotatable bonds is 6. The predicted octanol–water partition coefficient (Wildman–Crippen LogP) is 0.265. The molecule has 0 radical (unpaired) electrons. The molecule has 5 nitrogen and oxygen atoms in total. The van der Waals surface area contributed by atoms with Crippen LogP contribution in [0.5, 0.6) is 0 Å². The van der Waals surface area contributed by atoms with Crippen LogP contribution in [0.4, 0.5) is 0 Å². The summed E-state index contributed by atoms with van der Waals surface area (Å²) in [6, 6.07) is 0. The molecule has 0 aromatic carbocycles. The smallest absolute Gasteiger partial charge is 0.144 e. The molecule has 0 aliphatic heterocycles. The highest BCUT2D eigenvalue weighted by Gasteiger charge is 2.15. The average Bonchev–Trinajstić information content (AvgIpc) is 2.65. The van der Waals surface area contributed by atoms with Crippen molar-refractivity contribution < 1.29 is 4.79 Å². The average molecular weight is 210 g/mol. The van der Waals surface area contributed by atoms with Crippen molar-refractivity contribution in [1.82, 2.24) is 20.1 Å². The van der Waals surface area contributed by atoms with E-state index in [-0.39, 0.29) is 11.7 Å². The molecule has 0 saturated carbocycles. The molecular weight excluding hydrogens is 192 g/mol. The number of aryl methyl sites for hydroxylation is 1. The Hall–Kier alpha value is -1.23. The first-order valence-electron chi connectivity index (χ1n) is 5.23. The zero-order valence-electron chi connectivity index (χ0n) is 9.53. The van der Waals surface area contributed by atoms with Gasteiger partial charge in [-0.15, -0.1) is 0 Å². The summed E-state index contributed by atoms with van der Waals surface area (Å²) in [6.45, 7) is 5.37. The van der Waals surface area contributed by atoms with E-state index in [1.807, 2.05) is 20.9 Å². The molecular formula is C10H18N4O. The number of hydrogen-bond acceptors (Lipinski definition) is 4. The van der Waals surface area contributed by atoms with E-state index < -0.39 is 0 Å². The van der Waals surface area contributed by atoms with Gasteiger partial charge in [0.25, 0.3) is 0 Å². The highest BCUT2D eigenvalue weighted by molar-refractivity contribution is 5.82. The van der Waals surface area contributed by atoms with E-state index in [0.717, 1.165) is 12.4 Å². The number of carbonyl (C=O) groups excluding carboxylic acids is 1. The molecule has 1 aromatic heterocycles. The number of nitrogens with one attached hydrogen (secondary N) is 1. The van der Waals surface area contributed by atoms with Gasteiger partial charge in [0.1, 0.15) is 17.9 Å². The van der Waals surface area contributed by atoms with Crippen LogP contribution in [0.1, 0.15) is 19.7 Å². The van der Waals surface area contributed by atoms with E-state index in [4.69, 9.17) is 0 Å². The first-order valence-corrected chi connectivity index (χ1v) is 5.23. The lowest BCUT2D eigenvalue weighted by Gasteiger charge is -2.09. The first-order chi connectivity index (χ1) is 7.19. The fraction of sp³-hybridized carbons (Fsp3) is 0.700. The van der Waals surface area contributed by atoms with Gasteiger partial charge in [0.2, 0.25) is 0 Å². The third-order valence-corrected chi connectivity index (χ3v) is 2.39. The lowest BCUT2D eigenvalue weighted by molar-refractivity contribution is -0.121. The monoisotopic (exact) mass is 210 g/mol. The number of nitrogens with zero attached hydrogens (tertiary/aromatic N) is 3. The van der Waals surface area contributed by atoms with Crippen LogP contribution in [0.2, 0.25) is 0 Å². The van der Waals surface area contributed by atoms with Crippen LogP contribution in [0.25, 0.3) is 0 Å². The van der Waals surface area contributed by atoms with Crippen molar-refractivity contribution in [1.29, 1.82) is 0 Å². The van der Waals surface area contributed by atoms with Gasteiger partial charge in [-0.1, -0.05) is 6.92 Å². The van der Waals surface area contributed by atoms with Crippen molar-refractivity contribution in [2.45, 2.75) is 26.8 Å². The maximum Gasteiger partial charge on any atom is 0.144 e. The number of aromatic nitrogens is 3. The Labute approximate surface area is 89.9 Å². The van der Waals surface area contributed by atoms with E-state index in [0.29, 0.717) is 13.0 Å². The van der Waals surface area contributed by atoms with E-state index in [9.17, 15) is 4.79 Å². The molecule has 1 heterocycles. The van der Waals surface area contributed by atoms with Crippen LogP contribution in [-0.2, 0) is 17.8 Å². The fourth-order valence-corrected chi connectivity index (χ4v) is 1.44. The molecule has 0 aliphatic rings. The summed E-state index contributed by atoms with van der Waals surface area (Å²) in [6.07, 6.45) is 1.87. The molecule has 1 N–H and O–H groups in total. The molecule has 0 aliphatic carbocycles. The quantitative estimate of drug-likeness (QED) is 0.732. The second-order valence-corrected chi connectivity index (χ2v) is 3.59. The summed E-state index contributed by atoms with van der Waals surface area (Å²) in [4.78, 5) is 15.8. The van der Waals surface area contributed by atoms with E-state index in [1.54, 1.807) is 4.68 Å². The van der Waals surface area contributed by atoms with Gasteiger partial charge < -0.3 is 5.32 Å². The number of hydrogen-bond donors (Lipinski definition) is 1. The van der Waals surface area contributed by atoms with Gasteiger partial charge in [0.05, 0.1) is 6.42 Å². The SMILES string of the molecule is CCn1ncnc1CC(=O)C(C)CNC. The summed E-state index contributed by atoms with van der Waals surface area (Å²) in [5, 5.41) is 7.02. The molecule has 0 amide bonds. The van der Waals surface area contributed by atoms with Gasteiger partial charge in [0.15, 0.2) is 0 Å². The first kappa shape index (κ1) is 11.8. The molecule has 1 aromatic rings. The predicted molar refractivity (Wildman–Crippen MR) is 57.5 cm³/mol. The fourth-order valence-electron chi connectivity index (χ4n) is 1.44. The zero-order chi connectivity index (χ0) is 11.3. The maximum absolute atomic E-state index is 11.7. The zero-order valence-corrected chi connectivity index (χ0v) is 9.53. The van der Waals surface area contributed by atoms with Crippen molar-refractivity contribution in [2.75, 3.05) is 13.6 Å². The molecule has 1 unspecified atom stereocenters. The molecule has 0 saturated heterocycles. The summed E-state index contributed by atoms with van der Waals surface area (Å²) in [5.74, 6) is 0.981. The molecule has 5 heteroatoms. The van der Waals surface area contributed by atoms with Crippen LogP contribution in [0.15, 0.2) is 6.33 Å². The lowest BCUT2D eigenvalue weighted by atomic mass is 10.0. The lowest BCUT2D eigenvalue weighted by Crippen LogP contribution is -2.25. The summed E-state index contributed by atoms with van der Waals surface area (Å²) in [7, 11) is 1.85. The normalized spacial score (nSPS) is 12.7. The molecule has 0 bridgehead atoms. The Bertz CT molecular complexity index is 321. The second-order valence-electron chi connectivity index (χ2n) is 3.59. The van der Waals surface area contributed by atoms with Gasteiger partial charge >= 0.3 is 0 Å². The van der Waals surface area contributed by atoms with Gasteiger partial charge in [-0.25, -0.2) is 9.67 Å². The van der Waals surface area contributed by atoms with Crippen molar-refractivity contribution in [3.8, 4) is 0 Å². The van der Waals surface area contributed by atoms with Crippen molar-refractivity contribution in [2.24, 2.45) is 5.92 Å².